The largest absolute Gasteiger partial charge is 0.472 e. The quantitative estimate of drug-likeness (QED) is 0.0169. The Morgan fingerprint density at radius 1 is 0.280 bits per heavy atom. The van der Waals surface area contributed by atoms with Crippen molar-refractivity contribution < 1.29 is 80.2 Å². The number of hydrogen-bond acceptors (Lipinski definition) is 15. The van der Waals surface area contributed by atoms with Crippen molar-refractivity contribution in [3.63, 3.8) is 0 Å². The topological polar surface area (TPSA) is 237 Å². The standard InChI is InChI=1S/C81H148O17P2/c1-5-9-13-17-21-25-29-33-37-41-45-49-53-57-61-65-78(83)91-71-76(97-80(85)67-63-59-55-51-47-43-39-35-31-27-23-19-15-11-7-3)73-95-99(87,88)93-69-75(82)70-94-100(89,90)96-74-77(98-81(86)68-64-60-56-52-48-44-40-36-32-28-24-20-16-12-8-4)72-92-79(84)66-62-58-54-50-46-42-38-34-30-26-22-18-14-10-6-2/h21,25-28,30-33,37,75-77,82H,5-20,22-24,29,34-36,38-74H2,1-4H3,(H,87,88)(H,89,90)/b25-21-,30-26-,31-27-,32-28-,37-33-/t75-,76-,77-/m1/s1. The van der Waals surface area contributed by atoms with Gasteiger partial charge in [-0.1, -0.05) is 275 Å². The zero-order valence-corrected chi connectivity index (χ0v) is 65.7. The first-order chi connectivity index (χ1) is 48.7. The van der Waals surface area contributed by atoms with Crippen LogP contribution in [0, 0.1) is 0 Å². The van der Waals surface area contributed by atoms with Crippen LogP contribution in [0.15, 0.2) is 60.8 Å². The van der Waals surface area contributed by atoms with Gasteiger partial charge in [-0.15, -0.1) is 0 Å². The summed E-state index contributed by atoms with van der Waals surface area (Å²) < 4.78 is 68.6. The second-order valence-corrected chi connectivity index (χ2v) is 30.3. The third-order valence-electron chi connectivity index (χ3n) is 17.4. The molecular formula is C81H148O17P2. The van der Waals surface area contributed by atoms with Crippen molar-refractivity contribution in [2.24, 2.45) is 0 Å². The average molecular weight is 1460 g/mol. The Balaban J connectivity index is 5.34. The highest BCUT2D eigenvalue weighted by molar-refractivity contribution is 7.47. The van der Waals surface area contributed by atoms with Crippen LogP contribution in [0.1, 0.15) is 374 Å². The van der Waals surface area contributed by atoms with E-state index in [1.54, 1.807) is 0 Å². The van der Waals surface area contributed by atoms with Crippen LogP contribution in [0.4, 0.5) is 0 Å². The molecule has 0 heterocycles. The summed E-state index contributed by atoms with van der Waals surface area (Å²) in [5.41, 5.74) is 0. The Morgan fingerprint density at radius 3 is 0.770 bits per heavy atom. The van der Waals surface area contributed by atoms with E-state index in [-0.39, 0.29) is 25.7 Å². The predicted molar refractivity (Wildman–Crippen MR) is 409 cm³/mol. The van der Waals surface area contributed by atoms with E-state index in [0.717, 1.165) is 186 Å². The monoisotopic (exact) mass is 1460 g/mol. The number of ether oxygens (including phenoxy) is 4. The molecule has 0 aromatic carbocycles. The highest BCUT2D eigenvalue weighted by Crippen LogP contribution is 2.45. The number of unbranched alkanes of at least 4 members (excludes halogenated alkanes) is 41. The predicted octanol–water partition coefficient (Wildman–Crippen LogP) is 23.5. The van der Waals surface area contributed by atoms with E-state index >= 15 is 0 Å². The lowest BCUT2D eigenvalue weighted by Crippen LogP contribution is -2.30. The van der Waals surface area contributed by atoms with Gasteiger partial charge in [0.25, 0.3) is 0 Å². The van der Waals surface area contributed by atoms with Crippen molar-refractivity contribution >= 4 is 39.5 Å². The fraction of sp³-hybridized carbons (Fsp3) is 0.827. The molecule has 2 unspecified atom stereocenters. The van der Waals surface area contributed by atoms with E-state index in [0.29, 0.717) is 25.7 Å². The summed E-state index contributed by atoms with van der Waals surface area (Å²) in [6, 6.07) is 0. The Labute approximate surface area is 610 Å². The van der Waals surface area contributed by atoms with Crippen LogP contribution in [0.5, 0.6) is 0 Å². The zero-order chi connectivity index (χ0) is 73.2. The van der Waals surface area contributed by atoms with Crippen molar-refractivity contribution in [3.05, 3.63) is 60.8 Å². The first-order valence-electron chi connectivity index (χ1n) is 40.5. The Morgan fingerprint density at radius 2 is 0.490 bits per heavy atom. The van der Waals surface area contributed by atoms with Crippen LogP contribution in [0.3, 0.4) is 0 Å². The number of aliphatic hydroxyl groups is 1. The Kier molecular flexibility index (Phi) is 71.6. The first kappa shape index (κ1) is 96.8. The molecule has 0 aromatic rings. The molecule has 0 amide bonds. The van der Waals surface area contributed by atoms with Gasteiger partial charge in [0.2, 0.25) is 0 Å². The lowest BCUT2D eigenvalue weighted by atomic mass is 10.1. The molecule has 0 aliphatic carbocycles. The van der Waals surface area contributed by atoms with Crippen LogP contribution in [-0.2, 0) is 65.4 Å². The van der Waals surface area contributed by atoms with E-state index in [9.17, 15) is 43.2 Å². The Hall–Kier alpha value is -3.24. The van der Waals surface area contributed by atoms with Gasteiger partial charge in [-0.2, -0.15) is 0 Å². The summed E-state index contributed by atoms with van der Waals surface area (Å²) in [6.45, 7) is 4.86. The number of rotatable bonds is 77. The van der Waals surface area contributed by atoms with Crippen molar-refractivity contribution in [1.29, 1.82) is 0 Å². The molecular weight excluding hydrogens is 1310 g/mol. The number of phosphoric acid groups is 2. The number of carbonyl (C=O) groups excluding carboxylic acids is 4. The molecule has 0 aliphatic heterocycles. The minimum atomic E-state index is -4.97. The normalized spacial score (nSPS) is 14.2. The highest BCUT2D eigenvalue weighted by Gasteiger charge is 2.30. The third kappa shape index (κ3) is 73.1. The summed E-state index contributed by atoms with van der Waals surface area (Å²) in [6.07, 6.45) is 73.3. The zero-order valence-electron chi connectivity index (χ0n) is 63.9. The van der Waals surface area contributed by atoms with Gasteiger partial charge in [0, 0.05) is 25.7 Å². The lowest BCUT2D eigenvalue weighted by molar-refractivity contribution is -0.161. The van der Waals surface area contributed by atoms with Crippen molar-refractivity contribution in [3.8, 4) is 0 Å². The number of esters is 4. The number of phosphoric ester groups is 2. The first-order valence-corrected chi connectivity index (χ1v) is 43.5. The fourth-order valence-electron chi connectivity index (χ4n) is 11.2. The summed E-state index contributed by atoms with van der Waals surface area (Å²) in [4.78, 5) is 73.0. The maximum atomic E-state index is 13.1. The molecule has 0 spiro atoms. The maximum Gasteiger partial charge on any atom is 0.472 e. The molecule has 3 N–H and O–H groups in total. The van der Waals surface area contributed by atoms with E-state index in [1.807, 2.05) is 0 Å². The molecule has 0 aliphatic rings. The molecule has 17 nitrogen and oxygen atoms in total. The summed E-state index contributed by atoms with van der Waals surface area (Å²) in [5.74, 6) is -2.17. The number of allylic oxidation sites excluding steroid dienone is 10. The highest BCUT2D eigenvalue weighted by atomic mass is 31.2. The number of hydrogen-bond donors (Lipinski definition) is 3. The van der Waals surface area contributed by atoms with Crippen molar-refractivity contribution in [2.75, 3.05) is 39.6 Å². The van der Waals surface area contributed by atoms with Gasteiger partial charge in [-0.3, -0.25) is 37.3 Å². The Bertz CT molecular complexity index is 2130. The van der Waals surface area contributed by atoms with Gasteiger partial charge in [-0.25, -0.2) is 9.13 Å². The van der Waals surface area contributed by atoms with E-state index in [1.165, 1.54) is 109 Å². The van der Waals surface area contributed by atoms with Crippen LogP contribution in [0.25, 0.3) is 0 Å². The molecule has 0 saturated heterocycles. The number of aliphatic hydroxyl groups excluding tert-OH is 1. The van der Waals surface area contributed by atoms with Crippen LogP contribution in [-0.4, -0.2) is 96.7 Å². The van der Waals surface area contributed by atoms with Crippen LogP contribution >= 0.6 is 15.6 Å². The van der Waals surface area contributed by atoms with Gasteiger partial charge < -0.3 is 33.8 Å². The third-order valence-corrected chi connectivity index (χ3v) is 19.3. The lowest BCUT2D eigenvalue weighted by Gasteiger charge is -2.21. The summed E-state index contributed by atoms with van der Waals surface area (Å²) >= 11 is 0. The maximum absolute atomic E-state index is 13.1. The number of carbonyl (C=O) groups is 4. The SMILES string of the molecule is CCCCC/C=C\C/C=C\CCCCCCCC(=O)OC[C@H](COP(=O)(O)OC[C@@H](O)COP(=O)(O)OC[C@@H](COC(=O)CCCCCCCCC/C=C\CCCCCC)OC(=O)CCCCCCCCC/C=C\CCCCCC)OC(=O)CCCCCCCCC/C=C\CCCCCC. The van der Waals surface area contributed by atoms with Gasteiger partial charge in [0.05, 0.1) is 26.4 Å². The molecule has 0 saturated carbocycles. The molecule has 0 bridgehead atoms. The van der Waals surface area contributed by atoms with E-state index in [2.05, 4.69) is 88.5 Å². The van der Waals surface area contributed by atoms with E-state index in [4.69, 9.17) is 37.0 Å². The summed E-state index contributed by atoms with van der Waals surface area (Å²) in [5, 5.41) is 10.6. The van der Waals surface area contributed by atoms with Gasteiger partial charge in [-0.05, 0) is 135 Å². The minimum Gasteiger partial charge on any atom is -0.462 e. The second kappa shape index (κ2) is 74.0. The second-order valence-electron chi connectivity index (χ2n) is 27.3. The molecule has 5 atom stereocenters. The summed E-state index contributed by atoms with van der Waals surface area (Å²) in [7, 11) is -9.95. The minimum absolute atomic E-state index is 0.0907. The molecule has 0 fully saturated rings. The molecule has 0 radical (unpaired) electrons. The molecule has 0 rings (SSSR count). The molecule has 0 aromatic heterocycles. The van der Waals surface area contributed by atoms with Gasteiger partial charge in [0.1, 0.15) is 19.3 Å². The van der Waals surface area contributed by atoms with Crippen LogP contribution < -0.4 is 0 Å². The molecule has 584 valence electrons. The van der Waals surface area contributed by atoms with Crippen molar-refractivity contribution in [1.82, 2.24) is 0 Å². The smallest absolute Gasteiger partial charge is 0.462 e. The van der Waals surface area contributed by atoms with Gasteiger partial charge >= 0.3 is 39.5 Å². The van der Waals surface area contributed by atoms with Crippen LogP contribution in [0.2, 0.25) is 0 Å². The van der Waals surface area contributed by atoms with E-state index < -0.39 is 97.5 Å². The molecule has 100 heavy (non-hydrogen) atoms. The van der Waals surface area contributed by atoms with Crippen molar-refractivity contribution in [2.45, 2.75) is 393 Å². The van der Waals surface area contributed by atoms with Gasteiger partial charge in [0.15, 0.2) is 12.2 Å². The molecule has 19 heteroatoms. The average Bonchev–Trinajstić information content (AvgIpc) is 1.01. The fourth-order valence-corrected chi connectivity index (χ4v) is 12.8.